The Balaban J connectivity index is 2.21. The lowest BCUT2D eigenvalue weighted by molar-refractivity contribution is 0.181. The molecule has 0 radical (unpaired) electrons. The van der Waals surface area contributed by atoms with Crippen molar-refractivity contribution in [1.29, 1.82) is 0 Å². The normalized spacial score (nSPS) is 18.7. The van der Waals surface area contributed by atoms with Crippen LogP contribution in [-0.4, -0.2) is 41.8 Å². The Bertz CT molecular complexity index is 191. The average molecular weight is 214 g/mol. The van der Waals surface area contributed by atoms with E-state index in [0.29, 0.717) is 0 Å². The third-order valence-corrected chi connectivity index (χ3v) is 2.81. The van der Waals surface area contributed by atoms with E-state index in [1.54, 1.807) is 0 Å². The number of nitrogens with one attached hydrogen (secondary N) is 1. The van der Waals surface area contributed by atoms with Gasteiger partial charge in [-0.05, 0) is 39.0 Å². The van der Waals surface area contributed by atoms with Gasteiger partial charge in [0, 0.05) is 25.7 Å². The standard InChI is InChI=1S/C11H22N2O2/c1-10(6-5-9-14)12-11(15)13-7-3-2-4-8-13/h10,14H,2-9H2,1H3,(H,12,15). The van der Waals surface area contributed by atoms with Crippen LogP contribution in [0.5, 0.6) is 0 Å². The quantitative estimate of drug-likeness (QED) is 0.742. The molecular weight excluding hydrogens is 192 g/mol. The number of hydrogen-bond acceptors (Lipinski definition) is 2. The SMILES string of the molecule is CC(CCCO)NC(=O)N1CCCCC1. The third-order valence-electron chi connectivity index (χ3n) is 2.81. The van der Waals surface area contributed by atoms with Crippen LogP contribution in [0.3, 0.4) is 0 Å². The van der Waals surface area contributed by atoms with E-state index in [4.69, 9.17) is 5.11 Å². The van der Waals surface area contributed by atoms with E-state index in [9.17, 15) is 4.79 Å². The van der Waals surface area contributed by atoms with Gasteiger partial charge in [-0.15, -0.1) is 0 Å². The first-order valence-corrected chi connectivity index (χ1v) is 5.90. The van der Waals surface area contributed by atoms with Crippen LogP contribution in [-0.2, 0) is 0 Å². The lowest BCUT2D eigenvalue weighted by atomic mass is 10.1. The number of aliphatic hydroxyl groups is 1. The van der Waals surface area contributed by atoms with Crippen molar-refractivity contribution in [2.75, 3.05) is 19.7 Å². The summed E-state index contributed by atoms with van der Waals surface area (Å²) in [5.41, 5.74) is 0. The van der Waals surface area contributed by atoms with Crippen LogP contribution in [0.1, 0.15) is 39.0 Å². The van der Waals surface area contributed by atoms with Gasteiger partial charge in [0.25, 0.3) is 0 Å². The minimum Gasteiger partial charge on any atom is -0.396 e. The first-order valence-electron chi connectivity index (χ1n) is 5.90. The van der Waals surface area contributed by atoms with Gasteiger partial charge < -0.3 is 15.3 Å². The number of nitrogens with zero attached hydrogens (tertiary/aromatic N) is 1. The zero-order valence-electron chi connectivity index (χ0n) is 9.54. The van der Waals surface area contributed by atoms with Gasteiger partial charge in [0.05, 0.1) is 0 Å². The van der Waals surface area contributed by atoms with Crippen molar-refractivity contribution in [1.82, 2.24) is 10.2 Å². The van der Waals surface area contributed by atoms with Gasteiger partial charge >= 0.3 is 6.03 Å². The van der Waals surface area contributed by atoms with Gasteiger partial charge in [-0.1, -0.05) is 0 Å². The number of aliphatic hydroxyl groups excluding tert-OH is 1. The molecule has 4 heteroatoms. The molecule has 1 fully saturated rings. The van der Waals surface area contributed by atoms with Crippen molar-refractivity contribution in [3.63, 3.8) is 0 Å². The van der Waals surface area contributed by atoms with E-state index in [1.807, 2.05) is 11.8 Å². The van der Waals surface area contributed by atoms with Gasteiger partial charge in [-0.3, -0.25) is 0 Å². The molecule has 1 aliphatic rings. The average Bonchev–Trinajstić information content (AvgIpc) is 2.27. The van der Waals surface area contributed by atoms with Gasteiger partial charge in [-0.25, -0.2) is 4.79 Å². The van der Waals surface area contributed by atoms with E-state index in [1.165, 1.54) is 6.42 Å². The number of hydrogen-bond donors (Lipinski definition) is 2. The fraction of sp³-hybridized carbons (Fsp3) is 0.909. The van der Waals surface area contributed by atoms with Gasteiger partial charge in [0.1, 0.15) is 0 Å². The number of urea groups is 1. The monoisotopic (exact) mass is 214 g/mol. The number of carbonyl (C=O) groups is 1. The molecule has 4 nitrogen and oxygen atoms in total. The van der Waals surface area contributed by atoms with Crippen LogP contribution < -0.4 is 5.32 Å². The molecule has 88 valence electrons. The maximum Gasteiger partial charge on any atom is 0.317 e. The van der Waals surface area contributed by atoms with Gasteiger partial charge in [0.2, 0.25) is 0 Å². The van der Waals surface area contributed by atoms with Crippen molar-refractivity contribution >= 4 is 6.03 Å². The topological polar surface area (TPSA) is 52.6 Å². The Labute approximate surface area is 91.6 Å². The fourth-order valence-electron chi connectivity index (χ4n) is 1.87. The molecule has 1 rings (SSSR count). The highest BCUT2D eigenvalue weighted by atomic mass is 16.3. The summed E-state index contributed by atoms with van der Waals surface area (Å²) < 4.78 is 0. The molecular formula is C11H22N2O2. The predicted octanol–water partition coefficient (Wildman–Crippen LogP) is 1.34. The molecule has 0 bridgehead atoms. The van der Waals surface area contributed by atoms with Crippen molar-refractivity contribution in [3.8, 4) is 0 Å². The van der Waals surface area contributed by atoms with Crippen LogP contribution in [0.15, 0.2) is 0 Å². The van der Waals surface area contributed by atoms with Crippen LogP contribution in [0.25, 0.3) is 0 Å². The Morgan fingerprint density at radius 2 is 2.07 bits per heavy atom. The maximum atomic E-state index is 11.7. The molecule has 1 unspecified atom stereocenters. The Hall–Kier alpha value is -0.770. The molecule has 0 aliphatic carbocycles. The first kappa shape index (κ1) is 12.3. The third kappa shape index (κ3) is 4.51. The number of likely N-dealkylation sites (tertiary alicyclic amines) is 1. The molecule has 0 aromatic rings. The largest absolute Gasteiger partial charge is 0.396 e. The van der Waals surface area contributed by atoms with Crippen molar-refractivity contribution in [3.05, 3.63) is 0 Å². The number of amides is 2. The van der Waals surface area contributed by atoms with Crippen molar-refractivity contribution in [2.24, 2.45) is 0 Å². The van der Waals surface area contributed by atoms with Gasteiger partial charge in [-0.2, -0.15) is 0 Å². The van der Waals surface area contributed by atoms with Gasteiger partial charge in [0.15, 0.2) is 0 Å². The zero-order chi connectivity index (χ0) is 11.1. The summed E-state index contributed by atoms with van der Waals surface area (Å²) in [5, 5.41) is 11.6. The highest BCUT2D eigenvalue weighted by Crippen LogP contribution is 2.09. The summed E-state index contributed by atoms with van der Waals surface area (Å²) in [6.45, 7) is 3.96. The van der Waals surface area contributed by atoms with Crippen LogP contribution >= 0.6 is 0 Å². The highest BCUT2D eigenvalue weighted by molar-refractivity contribution is 5.74. The molecule has 1 saturated heterocycles. The molecule has 2 N–H and O–H groups in total. The molecule has 15 heavy (non-hydrogen) atoms. The summed E-state index contributed by atoms with van der Waals surface area (Å²) in [5.74, 6) is 0. The van der Waals surface area contributed by atoms with Crippen LogP contribution in [0, 0.1) is 0 Å². The van der Waals surface area contributed by atoms with E-state index in [0.717, 1.165) is 38.8 Å². The molecule has 1 aliphatic heterocycles. The predicted molar refractivity (Wildman–Crippen MR) is 59.7 cm³/mol. The Kier molecular flexibility index (Phi) is 5.47. The second kappa shape index (κ2) is 6.67. The summed E-state index contributed by atoms with van der Waals surface area (Å²) >= 11 is 0. The summed E-state index contributed by atoms with van der Waals surface area (Å²) in [6.07, 6.45) is 5.08. The van der Waals surface area contributed by atoms with Crippen molar-refractivity contribution in [2.45, 2.75) is 45.1 Å². The molecule has 2 amide bonds. The summed E-state index contributed by atoms with van der Waals surface area (Å²) in [7, 11) is 0. The van der Waals surface area contributed by atoms with Crippen molar-refractivity contribution < 1.29 is 9.90 Å². The summed E-state index contributed by atoms with van der Waals surface area (Å²) in [4.78, 5) is 13.6. The molecule has 0 aromatic heterocycles. The smallest absolute Gasteiger partial charge is 0.317 e. The minimum absolute atomic E-state index is 0.0557. The Morgan fingerprint density at radius 1 is 1.40 bits per heavy atom. The number of piperidine rings is 1. The molecule has 1 atom stereocenters. The highest BCUT2D eigenvalue weighted by Gasteiger charge is 2.17. The first-order chi connectivity index (χ1) is 7.24. The van der Waals surface area contributed by atoms with Crippen LogP contribution in [0.2, 0.25) is 0 Å². The minimum atomic E-state index is 0.0557. The molecule has 0 spiro atoms. The number of carbonyl (C=O) groups excluding carboxylic acids is 1. The van der Waals surface area contributed by atoms with E-state index in [2.05, 4.69) is 5.32 Å². The number of rotatable bonds is 4. The zero-order valence-corrected chi connectivity index (χ0v) is 9.54. The lowest BCUT2D eigenvalue weighted by Gasteiger charge is -2.28. The van der Waals surface area contributed by atoms with Crippen LogP contribution in [0.4, 0.5) is 4.79 Å². The maximum absolute atomic E-state index is 11.7. The van der Waals surface area contributed by atoms with E-state index >= 15 is 0 Å². The molecule has 0 aromatic carbocycles. The fourth-order valence-corrected chi connectivity index (χ4v) is 1.87. The van der Waals surface area contributed by atoms with E-state index in [-0.39, 0.29) is 18.7 Å². The Morgan fingerprint density at radius 3 is 2.67 bits per heavy atom. The second-order valence-corrected chi connectivity index (χ2v) is 4.26. The summed E-state index contributed by atoms with van der Waals surface area (Å²) in [6, 6.07) is 0.215. The lowest BCUT2D eigenvalue weighted by Crippen LogP contribution is -2.46. The molecule has 0 saturated carbocycles. The molecule has 1 heterocycles. The van der Waals surface area contributed by atoms with E-state index < -0.39 is 0 Å². The second-order valence-electron chi connectivity index (χ2n) is 4.26.